The Morgan fingerprint density at radius 3 is 2.53 bits per heavy atom. The van der Waals surface area contributed by atoms with Gasteiger partial charge in [-0.3, -0.25) is 9.59 Å². The molecule has 0 aliphatic rings. The fourth-order valence-corrected chi connectivity index (χ4v) is 1.51. The van der Waals surface area contributed by atoms with Crippen molar-refractivity contribution in [2.75, 3.05) is 12.4 Å². The topological polar surface area (TPSA) is 49.4 Å². The van der Waals surface area contributed by atoms with Gasteiger partial charge in [-0.15, -0.1) is 0 Å². The summed E-state index contributed by atoms with van der Waals surface area (Å²) in [5.41, 5.74) is 1.70. The van der Waals surface area contributed by atoms with Crippen LogP contribution in [0.25, 0.3) is 0 Å². The average Bonchev–Trinajstić information content (AvgIpc) is 2.27. The molecule has 19 heavy (non-hydrogen) atoms. The van der Waals surface area contributed by atoms with E-state index in [1.165, 1.54) is 6.92 Å². The molecule has 0 unspecified atom stereocenters. The van der Waals surface area contributed by atoms with Gasteiger partial charge in [0.05, 0.1) is 4.32 Å². The molecule has 1 aromatic rings. The zero-order valence-electron chi connectivity index (χ0n) is 11.7. The molecule has 1 aromatic carbocycles. The van der Waals surface area contributed by atoms with Crippen LogP contribution in [0.4, 0.5) is 5.69 Å². The van der Waals surface area contributed by atoms with E-state index in [4.69, 9.17) is 0 Å². The molecule has 0 heterocycles. The first-order chi connectivity index (χ1) is 8.70. The first-order valence-electron chi connectivity index (χ1n) is 6.01. The van der Waals surface area contributed by atoms with E-state index < -0.39 is 4.32 Å². The molecule has 0 aliphatic carbocycles. The third-order valence-electron chi connectivity index (χ3n) is 2.68. The Morgan fingerprint density at radius 2 is 2.00 bits per heavy atom. The molecular weight excluding hydrogens is 308 g/mol. The minimum Gasteiger partial charge on any atom is -0.342 e. The van der Waals surface area contributed by atoms with E-state index in [0.29, 0.717) is 6.54 Å². The normalized spacial score (nSPS) is 11.0. The first-order valence-corrected chi connectivity index (χ1v) is 6.80. The number of halogens is 1. The molecular formula is C14H19BrN2O2. The largest absolute Gasteiger partial charge is 0.342 e. The first kappa shape index (κ1) is 15.7. The fraction of sp³-hybridized carbons (Fsp3) is 0.429. The van der Waals surface area contributed by atoms with Crippen molar-refractivity contribution >= 4 is 33.4 Å². The van der Waals surface area contributed by atoms with Crippen molar-refractivity contribution in [1.82, 2.24) is 4.90 Å². The van der Waals surface area contributed by atoms with Crippen LogP contribution < -0.4 is 5.32 Å². The summed E-state index contributed by atoms with van der Waals surface area (Å²) >= 11 is 3.31. The van der Waals surface area contributed by atoms with Crippen LogP contribution >= 0.6 is 15.9 Å². The molecule has 0 saturated heterocycles. The van der Waals surface area contributed by atoms with Gasteiger partial charge in [-0.05, 0) is 31.5 Å². The van der Waals surface area contributed by atoms with Crippen molar-refractivity contribution in [2.45, 2.75) is 31.6 Å². The molecule has 0 radical (unpaired) electrons. The standard InChI is InChI=1S/C14H19BrN2O2/c1-10(18)17(4)9-11-6-5-7-12(8-11)16-13(19)14(2,3)15/h5-8H,9H2,1-4H3,(H,16,19). The van der Waals surface area contributed by atoms with Gasteiger partial charge in [-0.2, -0.15) is 0 Å². The number of hydrogen-bond donors (Lipinski definition) is 1. The van der Waals surface area contributed by atoms with Crippen LogP contribution in [-0.4, -0.2) is 28.1 Å². The van der Waals surface area contributed by atoms with Gasteiger partial charge >= 0.3 is 0 Å². The number of nitrogens with one attached hydrogen (secondary N) is 1. The minimum atomic E-state index is -0.612. The highest BCUT2D eigenvalue weighted by Gasteiger charge is 2.23. The highest BCUT2D eigenvalue weighted by atomic mass is 79.9. The number of carbonyl (C=O) groups excluding carboxylic acids is 2. The van der Waals surface area contributed by atoms with Crippen LogP contribution in [0.5, 0.6) is 0 Å². The molecule has 1 N–H and O–H groups in total. The zero-order valence-corrected chi connectivity index (χ0v) is 13.2. The lowest BCUT2D eigenvalue weighted by Crippen LogP contribution is -2.31. The predicted molar refractivity (Wildman–Crippen MR) is 80.2 cm³/mol. The van der Waals surface area contributed by atoms with Gasteiger partial charge in [0.2, 0.25) is 11.8 Å². The predicted octanol–water partition coefficient (Wildman–Crippen LogP) is 2.78. The lowest BCUT2D eigenvalue weighted by molar-refractivity contribution is -0.128. The van der Waals surface area contributed by atoms with Gasteiger partial charge in [0.1, 0.15) is 0 Å². The lowest BCUT2D eigenvalue weighted by atomic mass is 10.1. The highest BCUT2D eigenvalue weighted by Crippen LogP contribution is 2.19. The number of anilines is 1. The average molecular weight is 327 g/mol. The van der Waals surface area contributed by atoms with E-state index in [1.54, 1.807) is 25.8 Å². The van der Waals surface area contributed by atoms with Crippen LogP contribution in [0.15, 0.2) is 24.3 Å². The quantitative estimate of drug-likeness (QED) is 0.865. The maximum absolute atomic E-state index is 11.9. The van der Waals surface area contributed by atoms with Crippen LogP contribution in [0.3, 0.4) is 0 Å². The third-order valence-corrected chi connectivity index (χ3v) is 3.04. The Morgan fingerprint density at radius 1 is 1.37 bits per heavy atom. The molecule has 4 nitrogen and oxygen atoms in total. The maximum Gasteiger partial charge on any atom is 0.240 e. The van der Waals surface area contributed by atoms with Crippen molar-refractivity contribution in [3.8, 4) is 0 Å². The molecule has 0 fully saturated rings. The number of hydrogen-bond acceptors (Lipinski definition) is 2. The summed E-state index contributed by atoms with van der Waals surface area (Å²) in [6.07, 6.45) is 0. The van der Waals surface area contributed by atoms with Crippen molar-refractivity contribution in [3.63, 3.8) is 0 Å². The Bertz CT molecular complexity index is 481. The SMILES string of the molecule is CC(=O)N(C)Cc1cccc(NC(=O)C(C)(C)Br)c1. The van der Waals surface area contributed by atoms with Crippen molar-refractivity contribution in [3.05, 3.63) is 29.8 Å². The van der Waals surface area contributed by atoms with Crippen LogP contribution in [0.1, 0.15) is 26.3 Å². The van der Waals surface area contributed by atoms with E-state index in [0.717, 1.165) is 11.3 Å². The Balaban J connectivity index is 2.78. The smallest absolute Gasteiger partial charge is 0.240 e. The van der Waals surface area contributed by atoms with Gasteiger partial charge in [-0.1, -0.05) is 28.1 Å². The molecule has 0 saturated carbocycles. The number of rotatable bonds is 4. The number of nitrogens with zero attached hydrogens (tertiary/aromatic N) is 1. The van der Waals surface area contributed by atoms with Gasteiger partial charge in [0.15, 0.2) is 0 Å². The Kier molecular flexibility index (Phi) is 5.11. The van der Waals surface area contributed by atoms with E-state index in [-0.39, 0.29) is 11.8 Å². The summed E-state index contributed by atoms with van der Waals surface area (Å²) in [6.45, 7) is 5.63. The van der Waals surface area contributed by atoms with Crippen LogP contribution in [0, 0.1) is 0 Å². The summed E-state index contributed by atoms with van der Waals surface area (Å²) in [4.78, 5) is 24.7. The van der Waals surface area contributed by atoms with Crippen molar-refractivity contribution in [1.29, 1.82) is 0 Å². The lowest BCUT2D eigenvalue weighted by Gasteiger charge is -2.18. The van der Waals surface area contributed by atoms with Gasteiger partial charge < -0.3 is 10.2 Å². The monoisotopic (exact) mass is 326 g/mol. The van der Waals surface area contributed by atoms with Gasteiger partial charge in [-0.25, -0.2) is 0 Å². The molecule has 2 amide bonds. The molecule has 5 heteroatoms. The second kappa shape index (κ2) is 6.19. The number of amides is 2. The number of alkyl halides is 1. The molecule has 0 bridgehead atoms. The van der Waals surface area contributed by atoms with Crippen molar-refractivity contribution in [2.24, 2.45) is 0 Å². The van der Waals surface area contributed by atoms with Crippen molar-refractivity contribution < 1.29 is 9.59 Å². The second-order valence-corrected chi connectivity index (χ2v) is 6.98. The second-order valence-electron chi connectivity index (χ2n) is 5.00. The summed E-state index contributed by atoms with van der Waals surface area (Å²) in [5, 5.41) is 2.84. The van der Waals surface area contributed by atoms with E-state index in [9.17, 15) is 9.59 Å². The molecule has 0 atom stereocenters. The van der Waals surface area contributed by atoms with Crippen LogP contribution in [0.2, 0.25) is 0 Å². The van der Waals surface area contributed by atoms with E-state index in [1.807, 2.05) is 24.3 Å². The van der Waals surface area contributed by atoms with Gasteiger partial charge in [0, 0.05) is 26.2 Å². The maximum atomic E-state index is 11.9. The third kappa shape index (κ3) is 5.03. The molecule has 0 spiro atoms. The number of benzene rings is 1. The zero-order chi connectivity index (χ0) is 14.6. The summed E-state index contributed by atoms with van der Waals surface area (Å²) < 4.78 is -0.612. The molecule has 0 aromatic heterocycles. The molecule has 104 valence electrons. The molecule has 0 aliphatic heterocycles. The Hall–Kier alpha value is -1.36. The Labute approximate surface area is 122 Å². The summed E-state index contributed by atoms with van der Waals surface area (Å²) in [5.74, 6) is -0.0967. The van der Waals surface area contributed by atoms with Crippen LogP contribution in [-0.2, 0) is 16.1 Å². The highest BCUT2D eigenvalue weighted by molar-refractivity contribution is 9.10. The van der Waals surface area contributed by atoms with E-state index >= 15 is 0 Å². The summed E-state index contributed by atoms with van der Waals surface area (Å²) in [7, 11) is 1.75. The van der Waals surface area contributed by atoms with Gasteiger partial charge in [0.25, 0.3) is 0 Å². The minimum absolute atomic E-state index is 0.0102. The number of carbonyl (C=O) groups is 2. The molecule has 1 rings (SSSR count). The van der Waals surface area contributed by atoms with E-state index in [2.05, 4.69) is 21.2 Å². The fourth-order valence-electron chi connectivity index (χ4n) is 1.41. The summed E-state index contributed by atoms with van der Waals surface area (Å²) in [6, 6.07) is 7.48.